The molecule has 120 valence electrons. The van der Waals surface area contributed by atoms with Gasteiger partial charge < -0.3 is 4.74 Å². The third kappa shape index (κ3) is 4.91. The predicted octanol–water partition coefficient (Wildman–Crippen LogP) is 4.05. The predicted molar refractivity (Wildman–Crippen MR) is 82.1 cm³/mol. The van der Waals surface area contributed by atoms with Gasteiger partial charge in [0.2, 0.25) is 0 Å². The van der Waals surface area contributed by atoms with E-state index in [4.69, 9.17) is 4.74 Å². The summed E-state index contributed by atoms with van der Waals surface area (Å²) < 4.78 is 5.04. The summed E-state index contributed by atoms with van der Waals surface area (Å²) in [5.41, 5.74) is 0.0695. The fourth-order valence-electron chi connectivity index (χ4n) is 2.05. The van der Waals surface area contributed by atoms with Crippen LogP contribution < -0.4 is 0 Å². The summed E-state index contributed by atoms with van der Waals surface area (Å²) in [6, 6.07) is 5.71. The van der Waals surface area contributed by atoms with Gasteiger partial charge in [-0.05, 0) is 26.3 Å². The van der Waals surface area contributed by atoms with Crippen molar-refractivity contribution in [3.05, 3.63) is 34.4 Å². The largest absolute Gasteiger partial charge is 0.466 e. The number of carbonyl (C=O) groups excluding carboxylic acids is 1. The second kappa shape index (κ2) is 8.86. The van der Waals surface area contributed by atoms with E-state index in [-0.39, 0.29) is 17.3 Å². The number of rotatable bonds is 8. The zero-order valence-electron chi connectivity index (χ0n) is 13.1. The van der Waals surface area contributed by atoms with Gasteiger partial charge in [0, 0.05) is 6.07 Å². The van der Waals surface area contributed by atoms with E-state index in [1.165, 1.54) is 12.1 Å². The third-order valence-electron chi connectivity index (χ3n) is 3.20. The second-order valence-corrected chi connectivity index (χ2v) is 4.85. The van der Waals surface area contributed by atoms with Crippen LogP contribution in [0.3, 0.4) is 0 Å². The Hall–Kier alpha value is -2.31. The van der Waals surface area contributed by atoms with Crippen molar-refractivity contribution in [1.29, 1.82) is 0 Å². The summed E-state index contributed by atoms with van der Waals surface area (Å²) in [7, 11) is 0. The molecule has 0 radical (unpaired) electrons. The van der Waals surface area contributed by atoms with E-state index in [0.717, 1.165) is 6.42 Å². The van der Waals surface area contributed by atoms with Crippen LogP contribution in [0.5, 0.6) is 0 Å². The van der Waals surface area contributed by atoms with Crippen LogP contribution in [0.4, 0.5) is 11.4 Å². The first-order chi connectivity index (χ1) is 10.5. The van der Waals surface area contributed by atoms with E-state index in [1.807, 2.05) is 6.92 Å². The van der Waals surface area contributed by atoms with Crippen molar-refractivity contribution in [2.75, 3.05) is 6.61 Å². The van der Waals surface area contributed by atoms with Gasteiger partial charge in [-0.3, -0.25) is 14.9 Å². The molecule has 0 aromatic heterocycles. The Balaban J connectivity index is 2.91. The Kier molecular flexibility index (Phi) is 7.15. The highest BCUT2D eigenvalue weighted by atomic mass is 16.6. The summed E-state index contributed by atoms with van der Waals surface area (Å²) >= 11 is 0. The lowest BCUT2D eigenvalue weighted by Crippen LogP contribution is -2.26. The van der Waals surface area contributed by atoms with E-state index in [9.17, 15) is 14.9 Å². The highest BCUT2D eigenvalue weighted by Crippen LogP contribution is 2.27. The Labute approximate surface area is 129 Å². The van der Waals surface area contributed by atoms with Crippen LogP contribution in [-0.2, 0) is 9.53 Å². The van der Waals surface area contributed by atoms with Crippen LogP contribution in [0.25, 0.3) is 0 Å². The molecule has 0 spiro atoms. The summed E-state index contributed by atoms with van der Waals surface area (Å²) in [5, 5.41) is 19.0. The van der Waals surface area contributed by atoms with E-state index in [1.54, 1.807) is 26.0 Å². The number of carbonyl (C=O) groups is 1. The van der Waals surface area contributed by atoms with Crippen molar-refractivity contribution in [2.45, 2.75) is 39.7 Å². The molecular formula is C15H21N3O4. The Morgan fingerprint density at radius 3 is 2.64 bits per heavy atom. The number of hydrogen-bond donors (Lipinski definition) is 0. The first-order valence-corrected chi connectivity index (χ1v) is 7.32. The van der Waals surface area contributed by atoms with Gasteiger partial charge in [0.25, 0.3) is 5.69 Å². The number of benzene rings is 1. The number of azo groups is 1. The molecule has 0 bridgehead atoms. The first kappa shape index (κ1) is 17.7. The number of nitro groups is 1. The average molecular weight is 307 g/mol. The van der Waals surface area contributed by atoms with Gasteiger partial charge in [-0.1, -0.05) is 25.5 Å². The lowest BCUT2D eigenvalue weighted by Gasteiger charge is -2.17. The van der Waals surface area contributed by atoms with Gasteiger partial charge in [-0.25, -0.2) is 0 Å². The Morgan fingerprint density at radius 1 is 1.36 bits per heavy atom. The maximum Gasteiger partial charge on any atom is 0.311 e. The van der Waals surface area contributed by atoms with Crippen LogP contribution in [-0.4, -0.2) is 23.5 Å². The molecule has 0 fully saturated rings. The maximum atomic E-state index is 11.9. The zero-order chi connectivity index (χ0) is 16.5. The van der Waals surface area contributed by atoms with Crippen molar-refractivity contribution < 1.29 is 14.5 Å². The van der Waals surface area contributed by atoms with Crippen molar-refractivity contribution in [3.63, 3.8) is 0 Å². The van der Waals surface area contributed by atoms with E-state index in [0.29, 0.717) is 13.0 Å². The van der Waals surface area contributed by atoms with Crippen molar-refractivity contribution >= 4 is 17.3 Å². The molecule has 2 atom stereocenters. The van der Waals surface area contributed by atoms with Gasteiger partial charge >= 0.3 is 5.97 Å². The zero-order valence-corrected chi connectivity index (χ0v) is 13.1. The lowest BCUT2D eigenvalue weighted by molar-refractivity contribution is -0.384. The molecule has 0 amide bonds. The van der Waals surface area contributed by atoms with Crippen molar-refractivity contribution in [2.24, 2.45) is 16.1 Å². The molecule has 1 rings (SSSR count). The lowest BCUT2D eigenvalue weighted by atomic mass is 9.97. The summed E-state index contributed by atoms with van der Waals surface area (Å²) in [6.45, 7) is 5.79. The molecule has 0 aliphatic rings. The average Bonchev–Trinajstić information content (AvgIpc) is 2.50. The minimum atomic E-state index is -0.506. The van der Waals surface area contributed by atoms with E-state index < -0.39 is 16.9 Å². The minimum Gasteiger partial charge on any atom is -0.466 e. The third-order valence-corrected chi connectivity index (χ3v) is 3.20. The molecule has 0 heterocycles. The highest BCUT2D eigenvalue weighted by Gasteiger charge is 2.25. The van der Waals surface area contributed by atoms with Crippen LogP contribution in [0, 0.1) is 16.0 Å². The van der Waals surface area contributed by atoms with Crippen LogP contribution in [0.1, 0.15) is 33.6 Å². The van der Waals surface area contributed by atoms with Crippen LogP contribution in [0.2, 0.25) is 0 Å². The molecule has 22 heavy (non-hydrogen) atoms. The normalized spacial score (nSPS) is 13.8. The van der Waals surface area contributed by atoms with Gasteiger partial charge in [0.05, 0.1) is 23.5 Å². The Bertz CT molecular complexity index is 545. The number of esters is 1. The molecule has 7 nitrogen and oxygen atoms in total. The summed E-state index contributed by atoms with van der Waals surface area (Å²) in [4.78, 5) is 22.3. The van der Waals surface area contributed by atoms with Crippen LogP contribution >= 0.6 is 0 Å². The first-order valence-electron chi connectivity index (χ1n) is 7.32. The molecule has 2 unspecified atom stereocenters. The minimum absolute atomic E-state index is 0.110. The maximum absolute atomic E-state index is 11.9. The fraction of sp³-hybridized carbons (Fsp3) is 0.533. The smallest absolute Gasteiger partial charge is 0.311 e. The van der Waals surface area contributed by atoms with Crippen molar-refractivity contribution in [1.82, 2.24) is 0 Å². The molecule has 0 aliphatic carbocycles. The molecular weight excluding hydrogens is 286 g/mol. The van der Waals surface area contributed by atoms with E-state index in [2.05, 4.69) is 10.2 Å². The number of para-hydroxylation sites is 1. The molecule has 1 aromatic rings. The molecule has 0 saturated carbocycles. The van der Waals surface area contributed by atoms with E-state index >= 15 is 0 Å². The topological polar surface area (TPSA) is 94.2 Å². The fourth-order valence-corrected chi connectivity index (χ4v) is 2.05. The molecule has 0 saturated heterocycles. The summed E-state index contributed by atoms with van der Waals surface area (Å²) in [5.74, 6) is -0.699. The van der Waals surface area contributed by atoms with Crippen molar-refractivity contribution in [3.8, 4) is 0 Å². The Morgan fingerprint density at radius 2 is 2.05 bits per heavy atom. The summed E-state index contributed by atoms with van der Waals surface area (Å²) in [6.07, 6.45) is 1.45. The van der Waals surface area contributed by atoms with Crippen LogP contribution in [0.15, 0.2) is 34.5 Å². The standard InChI is InChI=1S/C15H21N3O4/c1-4-8-12(15(19)22-5-2)11(3)16-17-13-9-6-7-10-14(13)18(20)21/h6-7,9-12H,4-5,8H2,1-3H3. The highest BCUT2D eigenvalue weighted by molar-refractivity contribution is 5.73. The molecule has 0 N–H and O–H groups in total. The molecule has 7 heteroatoms. The monoisotopic (exact) mass is 307 g/mol. The number of hydrogen-bond acceptors (Lipinski definition) is 6. The number of nitro benzene ring substituents is 1. The number of nitrogens with zero attached hydrogens (tertiary/aromatic N) is 3. The second-order valence-electron chi connectivity index (χ2n) is 4.85. The SMILES string of the molecule is CCCC(C(=O)OCC)C(C)N=Nc1ccccc1[N+](=O)[O-]. The number of ether oxygens (including phenoxy) is 1. The van der Waals surface area contributed by atoms with Gasteiger partial charge in [-0.2, -0.15) is 5.11 Å². The van der Waals surface area contributed by atoms with Gasteiger partial charge in [0.1, 0.15) is 0 Å². The molecule has 0 aliphatic heterocycles. The quantitative estimate of drug-likeness (QED) is 0.313. The van der Waals surface area contributed by atoms with Gasteiger partial charge in [-0.15, -0.1) is 5.11 Å². The molecule has 1 aromatic carbocycles. The van der Waals surface area contributed by atoms with Gasteiger partial charge in [0.15, 0.2) is 5.69 Å².